The van der Waals surface area contributed by atoms with Crippen molar-refractivity contribution in [2.45, 2.75) is 52.4 Å². The molecule has 4 rings (SSSR count). The highest BCUT2D eigenvalue weighted by molar-refractivity contribution is 6.35. The van der Waals surface area contributed by atoms with Gasteiger partial charge in [-0.1, -0.05) is 12.5 Å². The standard InChI is InChI=1S/C29H36N6O3/c1-17-25(16-21-20-15-19(31-3)12-13-23(20)35-28(21)37)33-18(2)27(17)29(38)32-14-8-4-5-11-26(36)34-24-10-7-6-9-22(24)30/h7,10,12-13,15-16,31,33H,4-6,8-9,11,14,30H2,1-3H3,(H,32,38)(H,34,36)(H,35,37)/b21-16-. The molecule has 3 amide bonds. The molecule has 1 aliphatic heterocycles. The Morgan fingerprint density at radius 1 is 1.16 bits per heavy atom. The van der Waals surface area contributed by atoms with Crippen LogP contribution in [0.5, 0.6) is 0 Å². The molecule has 2 aliphatic rings. The number of anilines is 2. The van der Waals surface area contributed by atoms with Crippen LogP contribution in [0.3, 0.4) is 0 Å². The smallest absolute Gasteiger partial charge is 0.256 e. The van der Waals surface area contributed by atoms with Crippen LogP contribution in [0, 0.1) is 13.8 Å². The van der Waals surface area contributed by atoms with Crippen molar-refractivity contribution in [2.75, 3.05) is 24.2 Å². The SMILES string of the molecule is CNc1ccc2c(c1)/C(=C/c1[nH]c(C)c(C(=O)NCCCCCC(=O)NC3=C(N)CCC=C3)c1C)C(=O)N2. The number of aromatic amines is 1. The summed E-state index contributed by atoms with van der Waals surface area (Å²) >= 11 is 0. The molecule has 1 aliphatic carbocycles. The normalized spacial score (nSPS) is 15.4. The van der Waals surface area contributed by atoms with Crippen LogP contribution in [0.4, 0.5) is 11.4 Å². The highest BCUT2D eigenvalue weighted by atomic mass is 16.2. The summed E-state index contributed by atoms with van der Waals surface area (Å²) in [7, 11) is 1.83. The molecule has 7 N–H and O–H groups in total. The van der Waals surface area contributed by atoms with Crippen LogP contribution in [-0.4, -0.2) is 36.3 Å². The lowest BCUT2D eigenvalue weighted by atomic mass is 10.0. The van der Waals surface area contributed by atoms with Crippen molar-refractivity contribution in [3.05, 3.63) is 69.8 Å². The van der Waals surface area contributed by atoms with Crippen LogP contribution >= 0.6 is 0 Å². The van der Waals surface area contributed by atoms with Crippen LogP contribution < -0.4 is 27.0 Å². The minimum Gasteiger partial charge on any atom is -0.400 e. The molecule has 1 aromatic heterocycles. The molecule has 0 unspecified atom stereocenters. The zero-order chi connectivity index (χ0) is 27.2. The molecule has 0 bridgehead atoms. The molecule has 9 heteroatoms. The van der Waals surface area contributed by atoms with E-state index in [0.29, 0.717) is 29.8 Å². The summed E-state index contributed by atoms with van der Waals surface area (Å²) < 4.78 is 0. The quantitative estimate of drug-likeness (QED) is 0.208. The largest absolute Gasteiger partial charge is 0.400 e. The third kappa shape index (κ3) is 5.99. The Morgan fingerprint density at radius 3 is 2.74 bits per heavy atom. The van der Waals surface area contributed by atoms with Crippen molar-refractivity contribution < 1.29 is 14.4 Å². The molecule has 1 aromatic carbocycles. The average Bonchev–Trinajstić information content (AvgIpc) is 3.36. The first-order valence-electron chi connectivity index (χ1n) is 13.1. The number of nitrogens with two attached hydrogens (primary N) is 1. The minimum atomic E-state index is -0.171. The molecule has 0 fully saturated rings. The van der Waals surface area contributed by atoms with Crippen LogP contribution in [0.2, 0.25) is 0 Å². The van der Waals surface area contributed by atoms with Crippen molar-refractivity contribution >= 4 is 40.7 Å². The number of carbonyl (C=O) groups excluding carboxylic acids is 3. The van der Waals surface area contributed by atoms with Crippen molar-refractivity contribution in [1.82, 2.24) is 15.6 Å². The lowest BCUT2D eigenvalue weighted by Gasteiger charge is -2.13. The number of benzene rings is 1. The monoisotopic (exact) mass is 516 g/mol. The maximum absolute atomic E-state index is 12.9. The molecule has 2 heterocycles. The Morgan fingerprint density at radius 2 is 1.97 bits per heavy atom. The summed E-state index contributed by atoms with van der Waals surface area (Å²) in [5.41, 5.74) is 13.3. The summed E-state index contributed by atoms with van der Waals surface area (Å²) in [6.45, 7) is 4.25. The second-order valence-corrected chi connectivity index (χ2v) is 9.68. The highest BCUT2D eigenvalue weighted by Gasteiger charge is 2.26. The number of amides is 3. The van der Waals surface area contributed by atoms with Crippen LogP contribution in [0.1, 0.15) is 71.4 Å². The summed E-state index contributed by atoms with van der Waals surface area (Å²) in [5, 5.41) is 11.9. The molecule has 38 heavy (non-hydrogen) atoms. The first-order chi connectivity index (χ1) is 18.3. The Hall–Kier alpha value is -4.27. The van der Waals surface area contributed by atoms with Gasteiger partial charge >= 0.3 is 0 Å². The Kier molecular flexibility index (Phi) is 8.35. The Balaban J connectivity index is 1.29. The molecule has 9 nitrogen and oxygen atoms in total. The van der Waals surface area contributed by atoms with E-state index < -0.39 is 0 Å². The molecule has 0 atom stereocenters. The molecule has 0 radical (unpaired) electrons. The lowest BCUT2D eigenvalue weighted by molar-refractivity contribution is -0.120. The van der Waals surface area contributed by atoms with Crippen LogP contribution in [0.25, 0.3) is 11.6 Å². The van der Waals surface area contributed by atoms with Gasteiger partial charge in [0.2, 0.25) is 5.91 Å². The van der Waals surface area contributed by atoms with E-state index >= 15 is 0 Å². The van der Waals surface area contributed by atoms with Gasteiger partial charge in [0.25, 0.3) is 11.8 Å². The van der Waals surface area contributed by atoms with Crippen LogP contribution in [-0.2, 0) is 9.59 Å². The third-order valence-corrected chi connectivity index (χ3v) is 6.93. The second kappa shape index (κ2) is 11.9. The van der Waals surface area contributed by atoms with E-state index in [1.807, 2.05) is 51.2 Å². The summed E-state index contributed by atoms with van der Waals surface area (Å²) in [5.74, 6) is -0.367. The first-order valence-corrected chi connectivity index (χ1v) is 13.1. The van der Waals surface area contributed by atoms with Gasteiger partial charge < -0.3 is 32.0 Å². The molecular formula is C29H36N6O3. The molecule has 0 saturated heterocycles. The third-order valence-electron chi connectivity index (χ3n) is 6.93. The highest BCUT2D eigenvalue weighted by Crippen LogP contribution is 2.35. The average molecular weight is 517 g/mol. The molecule has 200 valence electrons. The molecular weight excluding hydrogens is 480 g/mol. The van der Waals surface area contributed by atoms with Gasteiger partial charge in [0.1, 0.15) is 0 Å². The van der Waals surface area contributed by atoms with Crippen molar-refractivity contribution in [3.8, 4) is 0 Å². The fourth-order valence-electron chi connectivity index (χ4n) is 4.78. The predicted octanol–water partition coefficient (Wildman–Crippen LogP) is 4.09. The van der Waals surface area contributed by atoms with E-state index in [2.05, 4.69) is 26.3 Å². The van der Waals surface area contributed by atoms with Gasteiger partial charge in [-0.25, -0.2) is 0 Å². The van der Waals surface area contributed by atoms with Gasteiger partial charge in [-0.2, -0.15) is 0 Å². The number of allylic oxidation sites excluding steroid dienone is 3. The van der Waals surface area contributed by atoms with Crippen molar-refractivity contribution in [2.24, 2.45) is 5.73 Å². The van der Waals surface area contributed by atoms with Crippen LogP contribution in [0.15, 0.2) is 41.7 Å². The number of carbonyl (C=O) groups is 3. The predicted molar refractivity (Wildman–Crippen MR) is 151 cm³/mol. The maximum atomic E-state index is 12.9. The summed E-state index contributed by atoms with van der Waals surface area (Å²) in [4.78, 5) is 41.0. The van der Waals surface area contributed by atoms with E-state index in [0.717, 1.165) is 71.7 Å². The number of fused-ring (bicyclic) bond motifs is 1. The second-order valence-electron chi connectivity index (χ2n) is 9.68. The number of hydrogen-bond acceptors (Lipinski definition) is 5. The Labute approximate surface area is 223 Å². The van der Waals surface area contributed by atoms with E-state index in [1.165, 1.54) is 0 Å². The molecule has 0 saturated carbocycles. The zero-order valence-corrected chi connectivity index (χ0v) is 22.2. The van der Waals surface area contributed by atoms with Crippen molar-refractivity contribution in [3.63, 3.8) is 0 Å². The van der Waals surface area contributed by atoms with Gasteiger partial charge in [-0.3, -0.25) is 14.4 Å². The van der Waals surface area contributed by atoms with Gasteiger partial charge in [-0.05, 0) is 75.4 Å². The van der Waals surface area contributed by atoms with Gasteiger partial charge in [0, 0.05) is 54.0 Å². The first kappa shape index (κ1) is 26.8. The summed E-state index contributed by atoms with van der Waals surface area (Å²) in [6.07, 6.45) is 10.1. The number of hydrogen-bond donors (Lipinski definition) is 6. The Bertz CT molecular complexity index is 1350. The van der Waals surface area contributed by atoms with E-state index in [-0.39, 0.29) is 17.7 Å². The number of nitrogens with one attached hydrogen (secondary N) is 5. The number of rotatable bonds is 10. The fraction of sp³-hybridized carbons (Fsp3) is 0.345. The van der Waals surface area contributed by atoms with E-state index in [1.54, 1.807) is 6.08 Å². The molecule has 2 aromatic rings. The van der Waals surface area contributed by atoms with E-state index in [4.69, 9.17) is 5.73 Å². The lowest BCUT2D eigenvalue weighted by Crippen LogP contribution is -2.26. The van der Waals surface area contributed by atoms with Crippen molar-refractivity contribution in [1.29, 1.82) is 0 Å². The van der Waals surface area contributed by atoms with Gasteiger partial charge in [0.05, 0.1) is 16.8 Å². The topological polar surface area (TPSA) is 141 Å². The van der Waals surface area contributed by atoms with Gasteiger partial charge in [-0.15, -0.1) is 0 Å². The zero-order valence-electron chi connectivity index (χ0n) is 22.2. The molecule has 0 spiro atoms. The number of unbranched alkanes of at least 4 members (excludes halogenated alkanes) is 2. The van der Waals surface area contributed by atoms with Gasteiger partial charge in [0.15, 0.2) is 0 Å². The number of aromatic nitrogens is 1. The minimum absolute atomic E-state index is 0.0421. The number of H-pyrrole nitrogens is 1. The van der Waals surface area contributed by atoms with E-state index in [9.17, 15) is 14.4 Å². The summed E-state index contributed by atoms with van der Waals surface area (Å²) in [6, 6.07) is 5.72. The maximum Gasteiger partial charge on any atom is 0.256 e. The number of aryl methyl sites for hydroxylation is 1. The fourth-order valence-corrected chi connectivity index (χ4v) is 4.78.